The van der Waals surface area contributed by atoms with Gasteiger partial charge in [-0.2, -0.15) is 5.10 Å². The van der Waals surface area contributed by atoms with Crippen molar-refractivity contribution in [3.8, 4) is 0 Å². The minimum absolute atomic E-state index is 0.522. The Bertz CT molecular complexity index is 352. The van der Waals surface area contributed by atoms with Crippen molar-refractivity contribution in [3.05, 3.63) is 11.2 Å². The molecule has 1 heterocycles. The fourth-order valence-electron chi connectivity index (χ4n) is 0.900. The van der Waals surface area contributed by atoms with Crippen molar-refractivity contribution in [1.29, 1.82) is 0 Å². The lowest BCUT2D eigenvalue weighted by atomic mass is 9.85. The molecular weight excluding hydrogens is 226 g/mol. The van der Waals surface area contributed by atoms with Crippen LogP contribution in [0.15, 0.2) is 6.20 Å². The van der Waals surface area contributed by atoms with Gasteiger partial charge in [-0.25, -0.2) is 0 Å². The van der Waals surface area contributed by atoms with Crippen molar-refractivity contribution in [2.45, 2.75) is 38.9 Å². The van der Waals surface area contributed by atoms with Crippen molar-refractivity contribution >= 4 is 24.7 Å². The number of rotatable bonds is 4. The van der Waals surface area contributed by atoms with Gasteiger partial charge in [-0.1, -0.05) is 11.6 Å². The predicted octanol–water partition coefficient (Wildman–Crippen LogP) is 0.884. The molecule has 0 amide bonds. The van der Waals surface area contributed by atoms with Crippen LogP contribution in [0, 0.1) is 0 Å². The number of hydrogen-bond donors (Lipinski definition) is 1. The van der Waals surface area contributed by atoms with Crippen LogP contribution >= 0.6 is 11.6 Å². The van der Waals surface area contributed by atoms with E-state index in [1.165, 1.54) is 7.48 Å². The molecule has 6 heteroatoms. The summed E-state index contributed by atoms with van der Waals surface area (Å²) < 4.78 is 7.19. The number of nitrogens with zero attached hydrogens (tertiary/aromatic N) is 2. The maximum atomic E-state index is 9.91. The van der Waals surface area contributed by atoms with Crippen LogP contribution in [0.3, 0.4) is 0 Å². The summed E-state index contributed by atoms with van der Waals surface area (Å²) in [6, 6.07) is 0. The molecule has 0 aliphatic rings. The lowest BCUT2D eigenvalue weighted by Crippen LogP contribution is -2.49. The summed E-state index contributed by atoms with van der Waals surface area (Å²) in [5.74, 6) is 0. The molecule has 0 fully saturated rings. The number of aliphatic hydroxyl groups is 1. The molecule has 1 radical (unpaired) electrons. The SMILES string of the molecule is Cn1ncc(Cl)c1[B]OC(C)(C)C(C)(C)O. The fraction of sp³-hybridized carbons (Fsp3) is 0.700. The topological polar surface area (TPSA) is 47.3 Å². The normalized spacial score (nSPS) is 12.9. The lowest BCUT2D eigenvalue weighted by Gasteiger charge is -2.37. The Balaban J connectivity index is 2.72. The quantitative estimate of drug-likeness (QED) is 0.799. The standard InChI is InChI=1S/C10H17BClN2O2/c1-9(2,15)10(3,4)16-11-8-7(12)6-13-14(8)5/h6,15H,1-5H3. The Hall–Kier alpha value is -0.515. The van der Waals surface area contributed by atoms with Gasteiger partial charge in [0.15, 0.2) is 0 Å². The molecule has 0 aromatic carbocycles. The average molecular weight is 244 g/mol. The molecule has 0 aliphatic carbocycles. The third-order valence-electron chi connectivity index (χ3n) is 2.88. The highest BCUT2D eigenvalue weighted by Crippen LogP contribution is 2.24. The Kier molecular flexibility index (Phi) is 3.72. The summed E-state index contributed by atoms with van der Waals surface area (Å²) in [6.07, 6.45) is 1.55. The first-order valence-corrected chi connectivity index (χ1v) is 5.44. The smallest absolute Gasteiger partial charge is 0.353 e. The Morgan fingerprint density at radius 3 is 2.38 bits per heavy atom. The average Bonchev–Trinajstić information content (AvgIpc) is 2.42. The maximum absolute atomic E-state index is 9.91. The molecular formula is C10H17BClN2O2. The largest absolute Gasteiger partial charge is 0.425 e. The second kappa shape index (κ2) is 4.39. The van der Waals surface area contributed by atoms with Gasteiger partial charge in [0.1, 0.15) is 0 Å². The highest BCUT2D eigenvalue weighted by molar-refractivity contribution is 6.52. The molecule has 1 N–H and O–H groups in total. The van der Waals surface area contributed by atoms with Gasteiger partial charge in [0.25, 0.3) is 0 Å². The fourth-order valence-corrected chi connectivity index (χ4v) is 1.11. The monoisotopic (exact) mass is 243 g/mol. The zero-order valence-electron chi connectivity index (χ0n) is 10.3. The molecule has 89 valence electrons. The Labute approximate surface area is 102 Å². The van der Waals surface area contributed by atoms with Gasteiger partial charge >= 0.3 is 7.48 Å². The lowest BCUT2D eigenvalue weighted by molar-refractivity contribution is -0.0894. The van der Waals surface area contributed by atoms with E-state index in [-0.39, 0.29) is 0 Å². The molecule has 0 spiro atoms. The number of hydrogen-bond acceptors (Lipinski definition) is 3. The molecule has 0 unspecified atom stereocenters. The maximum Gasteiger partial charge on any atom is 0.353 e. The molecule has 4 nitrogen and oxygen atoms in total. The van der Waals surface area contributed by atoms with E-state index in [0.29, 0.717) is 10.6 Å². The molecule has 1 rings (SSSR count). The third kappa shape index (κ3) is 2.78. The van der Waals surface area contributed by atoms with Crippen LogP contribution in [0.1, 0.15) is 27.7 Å². The van der Waals surface area contributed by atoms with E-state index in [2.05, 4.69) is 5.10 Å². The summed E-state index contributed by atoms with van der Waals surface area (Å²) in [4.78, 5) is 0. The van der Waals surface area contributed by atoms with E-state index in [0.717, 1.165) is 0 Å². The van der Waals surface area contributed by atoms with Gasteiger partial charge in [-0.15, -0.1) is 0 Å². The number of aromatic nitrogens is 2. The third-order valence-corrected chi connectivity index (χ3v) is 3.17. The Morgan fingerprint density at radius 1 is 1.44 bits per heavy atom. The summed E-state index contributed by atoms with van der Waals surface area (Å²) in [5, 5.41) is 14.4. The Morgan fingerprint density at radius 2 is 2.00 bits per heavy atom. The molecule has 0 atom stereocenters. The highest BCUT2D eigenvalue weighted by atomic mass is 35.5. The minimum atomic E-state index is -0.950. The van der Waals surface area contributed by atoms with E-state index in [1.807, 2.05) is 13.8 Å². The van der Waals surface area contributed by atoms with Gasteiger partial charge in [0.2, 0.25) is 0 Å². The minimum Gasteiger partial charge on any atom is -0.425 e. The van der Waals surface area contributed by atoms with Gasteiger partial charge in [0, 0.05) is 7.05 Å². The first-order valence-electron chi connectivity index (χ1n) is 5.06. The second-order valence-electron chi connectivity index (χ2n) is 4.81. The van der Waals surface area contributed by atoms with Crippen LogP contribution in [0.25, 0.3) is 0 Å². The number of aryl methyl sites for hydroxylation is 1. The van der Waals surface area contributed by atoms with E-state index in [1.54, 1.807) is 31.8 Å². The molecule has 0 bridgehead atoms. The molecule has 0 aliphatic heterocycles. The first kappa shape index (κ1) is 13.5. The molecule has 0 saturated carbocycles. The van der Waals surface area contributed by atoms with Crippen molar-refractivity contribution in [2.24, 2.45) is 7.05 Å². The van der Waals surface area contributed by atoms with Gasteiger partial charge in [0.05, 0.1) is 28.0 Å². The molecule has 1 aromatic heterocycles. The van der Waals surface area contributed by atoms with E-state index >= 15 is 0 Å². The van der Waals surface area contributed by atoms with Crippen LogP contribution < -0.4 is 5.59 Å². The van der Waals surface area contributed by atoms with Gasteiger partial charge in [-0.3, -0.25) is 4.68 Å². The van der Waals surface area contributed by atoms with Crippen molar-refractivity contribution in [1.82, 2.24) is 9.78 Å². The highest BCUT2D eigenvalue weighted by Gasteiger charge is 2.36. The van der Waals surface area contributed by atoms with Crippen molar-refractivity contribution in [2.75, 3.05) is 0 Å². The van der Waals surface area contributed by atoms with Crippen LogP contribution in [0.5, 0.6) is 0 Å². The predicted molar refractivity (Wildman–Crippen MR) is 65.1 cm³/mol. The van der Waals surface area contributed by atoms with Gasteiger partial charge < -0.3 is 9.76 Å². The number of halogens is 1. The molecule has 0 saturated heterocycles. The van der Waals surface area contributed by atoms with Gasteiger partial charge in [-0.05, 0) is 27.7 Å². The van der Waals surface area contributed by atoms with E-state index in [4.69, 9.17) is 16.3 Å². The zero-order valence-corrected chi connectivity index (χ0v) is 11.0. The van der Waals surface area contributed by atoms with E-state index in [9.17, 15) is 5.11 Å². The van der Waals surface area contributed by atoms with Crippen LogP contribution in [0.4, 0.5) is 0 Å². The van der Waals surface area contributed by atoms with Crippen molar-refractivity contribution in [3.63, 3.8) is 0 Å². The van der Waals surface area contributed by atoms with Crippen LogP contribution in [-0.4, -0.2) is 33.6 Å². The van der Waals surface area contributed by atoms with E-state index < -0.39 is 11.2 Å². The first-order chi connectivity index (χ1) is 7.15. The van der Waals surface area contributed by atoms with Crippen LogP contribution in [0.2, 0.25) is 5.02 Å². The summed E-state index contributed by atoms with van der Waals surface area (Å²) in [6.45, 7) is 7.03. The molecule has 1 aromatic rings. The second-order valence-corrected chi connectivity index (χ2v) is 5.21. The summed E-state index contributed by atoms with van der Waals surface area (Å²) in [5.41, 5.74) is -0.978. The van der Waals surface area contributed by atoms with Crippen LogP contribution in [-0.2, 0) is 11.7 Å². The summed E-state index contributed by atoms with van der Waals surface area (Å²) in [7, 11) is 3.30. The zero-order chi connectivity index (χ0) is 12.6. The summed E-state index contributed by atoms with van der Waals surface area (Å²) >= 11 is 5.93. The molecule has 16 heavy (non-hydrogen) atoms. The van der Waals surface area contributed by atoms with Crippen molar-refractivity contribution < 1.29 is 9.76 Å².